The first-order valence-electron chi connectivity index (χ1n) is 6.90. The van der Waals surface area contributed by atoms with Gasteiger partial charge in [-0.3, -0.25) is 0 Å². The molecule has 7 nitrogen and oxygen atoms in total. The summed E-state index contributed by atoms with van der Waals surface area (Å²) in [5.74, 6) is -0.469. The van der Waals surface area contributed by atoms with Gasteiger partial charge in [0, 0.05) is 6.54 Å². The number of carbonyl (C=O) groups excluding carboxylic acids is 1. The maximum Gasteiger partial charge on any atom is 0.360 e. The molecule has 1 unspecified atom stereocenters. The van der Waals surface area contributed by atoms with Crippen LogP contribution in [0.4, 0.5) is 0 Å². The molecule has 2 N–H and O–H groups in total. The second kappa shape index (κ2) is 5.88. The fourth-order valence-corrected chi connectivity index (χ4v) is 2.37. The Morgan fingerprint density at radius 3 is 2.90 bits per heavy atom. The molecular weight excluding hydrogens is 260 g/mol. The van der Waals surface area contributed by atoms with Gasteiger partial charge in [-0.25, -0.2) is 9.48 Å². The van der Waals surface area contributed by atoms with Crippen LogP contribution >= 0.6 is 0 Å². The van der Waals surface area contributed by atoms with Crippen LogP contribution in [0.5, 0.6) is 0 Å². The van der Waals surface area contributed by atoms with Crippen LogP contribution < -0.4 is 5.32 Å². The first-order chi connectivity index (χ1) is 9.42. The van der Waals surface area contributed by atoms with Gasteiger partial charge >= 0.3 is 5.97 Å². The highest BCUT2D eigenvalue weighted by molar-refractivity contribution is 5.88. The van der Waals surface area contributed by atoms with E-state index in [0.29, 0.717) is 13.0 Å². The number of aliphatic hydroxyl groups is 1. The summed E-state index contributed by atoms with van der Waals surface area (Å²) in [7, 11) is 1.34. The lowest BCUT2D eigenvalue weighted by molar-refractivity contribution is 0.0591. The molecule has 1 saturated heterocycles. The third kappa shape index (κ3) is 3.34. The maximum absolute atomic E-state index is 11.8. The molecule has 0 radical (unpaired) electrons. The molecule has 0 bridgehead atoms. The van der Waals surface area contributed by atoms with E-state index in [9.17, 15) is 9.90 Å². The molecule has 112 valence electrons. The predicted molar refractivity (Wildman–Crippen MR) is 72.3 cm³/mol. The normalized spacial score (nSPS) is 19.3. The van der Waals surface area contributed by atoms with Crippen molar-refractivity contribution >= 4 is 5.97 Å². The van der Waals surface area contributed by atoms with Gasteiger partial charge in [-0.15, -0.1) is 5.10 Å². The SMILES string of the molecule is COC(=O)c1nnn(CCC(C)(C)O)c1C1CCCN1. The van der Waals surface area contributed by atoms with Crippen LogP contribution in [0.2, 0.25) is 0 Å². The largest absolute Gasteiger partial charge is 0.464 e. The molecule has 0 aromatic carbocycles. The summed E-state index contributed by atoms with van der Waals surface area (Å²) in [6.45, 7) is 4.93. The van der Waals surface area contributed by atoms with E-state index < -0.39 is 11.6 Å². The summed E-state index contributed by atoms with van der Waals surface area (Å²) >= 11 is 0. The average Bonchev–Trinajstić information content (AvgIpc) is 3.02. The highest BCUT2D eigenvalue weighted by Gasteiger charge is 2.29. The van der Waals surface area contributed by atoms with Crippen LogP contribution in [0.25, 0.3) is 0 Å². The predicted octanol–water partition coefficient (Wildman–Crippen LogP) is 0.650. The van der Waals surface area contributed by atoms with Crippen LogP contribution in [0.15, 0.2) is 0 Å². The number of nitrogens with one attached hydrogen (secondary N) is 1. The first kappa shape index (κ1) is 14.9. The van der Waals surface area contributed by atoms with Crippen molar-refractivity contribution in [2.75, 3.05) is 13.7 Å². The van der Waals surface area contributed by atoms with Crippen molar-refractivity contribution in [3.8, 4) is 0 Å². The summed E-state index contributed by atoms with van der Waals surface area (Å²) < 4.78 is 6.46. The highest BCUT2D eigenvalue weighted by atomic mass is 16.5. The standard InChI is InChI=1S/C13H22N4O3/c1-13(2,19)6-8-17-11(9-5-4-7-14-9)10(15-16-17)12(18)20-3/h9,14,19H,4-8H2,1-3H3. The number of carbonyl (C=O) groups is 1. The van der Waals surface area contributed by atoms with Gasteiger partial charge in [0.15, 0.2) is 5.69 Å². The first-order valence-corrected chi connectivity index (χ1v) is 6.90. The van der Waals surface area contributed by atoms with Crippen LogP contribution in [-0.2, 0) is 11.3 Å². The Morgan fingerprint density at radius 1 is 1.60 bits per heavy atom. The van der Waals surface area contributed by atoms with Crippen LogP contribution in [0.3, 0.4) is 0 Å². The molecule has 20 heavy (non-hydrogen) atoms. The Bertz CT molecular complexity index is 472. The fraction of sp³-hybridized carbons (Fsp3) is 0.769. The Morgan fingerprint density at radius 2 is 2.35 bits per heavy atom. The molecule has 1 aliphatic heterocycles. The average molecular weight is 282 g/mol. The van der Waals surface area contributed by atoms with Gasteiger partial charge in [0.25, 0.3) is 0 Å². The van der Waals surface area contributed by atoms with Crippen molar-refractivity contribution in [2.45, 2.75) is 51.3 Å². The summed E-state index contributed by atoms with van der Waals surface area (Å²) in [6.07, 6.45) is 2.54. The van der Waals surface area contributed by atoms with E-state index in [1.54, 1.807) is 18.5 Å². The van der Waals surface area contributed by atoms with E-state index in [2.05, 4.69) is 15.6 Å². The lowest BCUT2D eigenvalue weighted by Gasteiger charge is -2.19. The number of hydrogen-bond donors (Lipinski definition) is 2. The zero-order valence-corrected chi connectivity index (χ0v) is 12.2. The highest BCUT2D eigenvalue weighted by Crippen LogP contribution is 2.26. The van der Waals surface area contributed by atoms with Crippen molar-refractivity contribution in [1.82, 2.24) is 20.3 Å². The van der Waals surface area contributed by atoms with Crippen molar-refractivity contribution in [3.05, 3.63) is 11.4 Å². The zero-order valence-electron chi connectivity index (χ0n) is 12.2. The molecular formula is C13H22N4O3. The van der Waals surface area contributed by atoms with Gasteiger partial charge in [0.1, 0.15) is 0 Å². The van der Waals surface area contributed by atoms with Gasteiger partial charge in [-0.1, -0.05) is 5.21 Å². The molecule has 1 aromatic heterocycles. The summed E-state index contributed by atoms with van der Waals surface area (Å²) in [5.41, 5.74) is 0.249. The lowest BCUT2D eigenvalue weighted by atomic mass is 10.1. The molecule has 7 heteroatoms. The molecule has 1 aromatic rings. The number of hydrogen-bond acceptors (Lipinski definition) is 6. The molecule has 1 aliphatic rings. The van der Waals surface area contributed by atoms with E-state index in [-0.39, 0.29) is 11.7 Å². The number of aryl methyl sites for hydroxylation is 1. The zero-order chi connectivity index (χ0) is 14.8. The van der Waals surface area contributed by atoms with Crippen LogP contribution in [-0.4, -0.2) is 45.3 Å². The Labute approximate surface area is 118 Å². The summed E-state index contributed by atoms with van der Waals surface area (Å²) in [5, 5.41) is 21.2. The van der Waals surface area contributed by atoms with Crippen molar-refractivity contribution < 1.29 is 14.6 Å². The van der Waals surface area contributed by atoms with E-state index in [4.69, 9.17) is 4.74 Å². The molecule has 0 aliphatic carbocycles. The number of methoxy groups -OCH3 is 1. The number of aromatic nitrogens is 3. The van der Waals surface area contributed by atoms with E-state index in [1.807, 2.05) is 0 Å². The van der Waals surface area contributed by atoms with Gasteiger partial charge in [-0.05, 0) is 39.7 Å². The van der Waals surface area contributed by atoms with Crippen molar-refractivity contribution in [1.29, 1.82) is 0 Å². The molecule has 1 fully saturated rings. The van der Waals surface area contributed by atoms with Gasteiger partial charge < -0.3 is 15.2 Å². The van der Waals surface area contributed by atoms with E-state index in [1.165, 1.54) is 7.11 Å². The number of ether oxygens (including phenoxy) is 1. The Balaban J connectivity index is 2.26. The molecule has 0 spiro atoms. The number of rotatable bonds is 5. The van der Waals surface area contributed by atoms with Gasteiger partial charge in [0.05, 0.1) is 24.4 Å². The molecule has 2 rings (SSSR count). The topological polar surface area (TPSA) is 89.3 Å². The second-order valence-electron chi connectivity index (χ2n) is 5.75. The van der Waals surface area contributed by atoms with E-state index in [0.717, 1.165) is 25.1 Å². The lowest BCUT2D eigenvalue weighted by Crippen LogP contribution is -2.25. The number of nitrogens with zero attached hydrogens (tertiary/aromatic N) is 3. The Kier molecular flexibility index (Phi) is 4.39. The van der Waals surface area contributed by atoms with Crippen LogP contribution in [0.1, 0.15) is 55.3 Å². The minimum absolute atomic E-state index is 0.0703. The van der Waals surface area contributed by atoms with Crippen LogP contribution in [0, 0.1) is 0 Å². The molecule has 0 saturated carbocycles. The minimum Gasteiger partial charge on any atom is -0.464 e. The molecule has 0 amide bonds. The third-order valence-corrected chi connectivity index (χ3v) is 3.48. The second-order valence-corrected chi connectivity index (χ2v) is 5.75. The smallest absolute Gasteiger partial charge is 0.360 e. The van der Waals surface area contributed by atoms with Crippen molar-refractivity contribution in [2.24, 2.45) is 0 Å². The van der Waals surface area contributed by atoms with E-state index >= 15 is 0 Å². The Hall–Kier alpha value is -1.47. The maximum atomic E-state index is 11.8. The fourth-order valence-electron chi connectivity index (χ4n) is 2.37. The quantitative estimate of drug-likeness (QED) is 0.771. The minimum atomic E-state index is -0.780. The summed E-state index contributed by atoms with van der Waals surface area (Å²) in [6, 6.07) is 0.0703. The number of esters is 1. The van der Waals surface area contributed by atoms with Gasteiger partial charge in [0.2, 0.25) is 0 Å². The molecule has 2 heterocycles. The van der Waals surface area contributed by atoms with Gasteiger partial charge in [-0.2, -0.15) is 0 Å². The molecule has 1 atom stereocenters. The third-order valence-electron chi connectivity index (χ3n) is 3.48. The van der Waals surface area contributed by atoms with Crippen molar-refractivity contribution in [3.63, 3.8) is 0 Å². The monoisotopic (exact) mass is 282 g/mol. The summed E-state index contributed by atoms with van der Waals surface area (Å²) in [4.78, 5) is 11.8.